The molecular weight excluding hydrogens is 322 g/mol. The molecule has 2 amide bonds. The number of benzene rings is 1. The van der Waals surface area contributed by atoms with Gasteiger partial charge in [0.25, 0.3) is 5.91 Å². The van der Waals surface area contributed by atoms with Crippen LogP contribution in [-0.2, 0) is 4.74 Å². The first kappa shape index (κ1) is 16.9. The maximum absolute atomic E-state index is 12.7. The quantitative estimate of drug-likeness (QED) is 0.907. The van der Waals surface area contributed by atoms with Crippen molar-refractivity contribution in [1.82, 2.24) is 9.88 Å². The molecule has 0 aliphatic carbocycles. The Balaban J connectivity index is 1.71. The number of methoxy groups -OCH3 is 1. The van der Waals surface area contributed by atoms with Crippen LogP contribution in [0.4, 0.5) is 0 Å². The van der Waals surface area contributed by atoms with Gasteiger partial charge in [-0.2, -0.15) is 0 Å². The largest absolute Gasteiger partial charge is 0.497 e. The molecule has 0 radical (unpaired) electrons. The van der Waals surface area contributed by atoms with Crippen molar-refractivity contribution in [3.8, 4) is 5.75 Å². The summed E-state index contributed by atoms with van der Waals surface area (Å²) in [5, 5.41) is 0. The van der Waals surface area contributed by atoms with E-state index in [1.807, 2.05) is 0 Å². The Hall–Kier alpha value is -2.93. The highest BCUT2D eigenvalue weighted by molar-refractivity contribution is 5.94. The fourth-order valence-electron chi connectivity index (χ4n) is 2.67. The Bertz CT molecular complexity index is 759. The molecule has 0 spiro atoms. The lowest BCUT2D eigenvalue weighted by atomic mass is 10.1. The zero-order valence-electron chi connectivity index (χ0n) is 13.8. The summed E-state index contributed by atoms with van der Waals surface area (Å²) in [5.74, 6) is 0.111. The summed E-state index contributed by atoms with van der Waals surface area (Å²) >= 11 is 0. The van der Waals surface area contributed by atoms with Crippen LogP contribution in [0.5, 0.6) is 5.75 Å². The summed E-state index contributed by atoms with van der Waals surface area (Å²) in [5.41, 5.74) is 6.82. The molecule has 1 aromatic heterocycles. The van der Waals surface area contributed by atoms with Crippen molar-refractivity contribution in [2.24, 2.45) is 5.73 Å². The molecule has 1 aliphatic rings. The van der Waals surface area contributed by atoms with Gasteiger partial charge >= 0.3 is 0 Å². The lowest BCUT2D eigenvalue weighted by Crippen LogP contribution is -2.42. The Kier molecular flexibility index (Phi) is 4.95. The highest BCUT2D eigenvalue weighted by Gasteiger charge is 2.27. The SMILES string of the molecule is COc1ccc(C(=O)N2CCO[C@H](c3ccc(C(N)=O)cn3)C2)cc1. The van der Waals surface area contributed by atoms with Gasteiger partial charge in [0.1, 0.15) is 11.9 Å². The van der Waals surface area contributed by atoms with Gasteiger partial charge in [-0.15, -0.1) is 0 Å². The Labute approximate surface area is 145 Å². The van der Waals surface area contributed by atoms with Crippen molar-refractivity contribution in [2.45, 2.75) is 6.10 Å². The zero-order valence-corrected chi connectivity index (χ0v) is 13.8. The molecule has 1 atom stereocenters. The number of pyridine rings is 1. The minimum Gasteiger partial charge on any atom is -0.497 e. The first-order valence-electron chi connectivity index (χ1n) is 7.89. The average Bonchev–Trinajstić information content (AvgIpc) is 2.67. The van der Waals surface area contributed by atoms with E-state index in [0.29, 0.717) is 42.3 Å². The van der Waals surface area contributed by atoms with Gasteiger partial charge < -0.3 is 20.1 Å². The molecule has 130 valence electrons. The van der Waals surface area contributed by atoms with E-state index < -0.39 is 5.91 Å². The van der Waals surface area contributed by atoms with Crippen molar-refractivity contribution in [3.63, 3.8) is 0 Å². The van der Waals surface area contributed by atoms with E-state index in [-0.39, 0.29) is 12.0 Å². The van der Waals surface area contributed by atoms with Gasteiger partial charge in [-0.3, -0.25) is 14.6 Å². The lowest BCUT2D eigenvalue weighted by Gasteiger charge is -2.32. The second-order valence-corrected chi connectivity index (χ2v) is 5.68. The van der Waals surface area contributed by atoms with Crippen LogP contribution in [0.1, 0.15) is 32.5 Å². The minimum absolute atomic E-state index is 0.0651. The van der Waals surface area contributed by atoms with E-state index in [2.05, 4.69) is 4.98 Å². The fraction of sp³-hybridized carbons (Fsp3) is 0.278. The van der Waals surface area contributed by atoms with Crippen LogP contribution in [0.15, 0.2) is 42.6 Å². The van der Waals surface area contributed by atoms with Crippen LogP contribution in [0, 0.1) is 0 Å². The van der Waals surface area contributed by atoms with Crippen molar-refractivity contribution in [1.29, 1.82) is 0 Å². The summed E-state index contributed by atoms with van der Waals surface area (Å²) in [4.78, 5) is 29.8. The fourth-order valence-corrected chi connectivity index (χ4v) is 2.67. The topological polar surface area (TPSA) is 94.7 Å². The maximum Gasteiger partial charge on any atom is 0.254 e. The van der Waals surface area contributed by atoms with Gasteiger partial charge in [0, 0.05) is 18.3 Å². The molecule has 3 rings (SSSR count). The van der Waals surface area contributed by atoms with Gasteiger partial charge in [0.2, 0.25) is 5.91 Å². The van der Waals surface area contributed by atoms with E-state index in [1.165, 1.54) is 6.20 Å². The third-order valence-corrected chi connectivity index (χ3v) is 4.09. The monoisotopic (exact) mass is 341 g/mol. The molecule has 0 unspecified atom stereocenters. The maximum atomic E-state index is 12.7. The van der Waals surface area contributed by atoms with E-state index >= 15 is 0 Å². The van der Waals surface area contributed by atoms with Crippen molar-refractivity contribution < 1.29 is 19.1 Å². The van der Waals surface area contributed by atoms with Gasteiger partial charge in [-0.05, 0) is 36.4 Å². The van der Waals surface area contributed by atoms with Crippen LogP contribution in [-0.4, -0.2) is 48.5 Å². The highest BCUT2D eigenvalue weighted by Crippen LogP contribution is 2.22. The molecule has 2 N–H and O–H groups in total. The lowest BCUT2D eigenvalue weighted by molar-refractivity contribution is -0.0247. The van der Waals surface area contributed by atoms with Crippen molar-refractivity contribution in [2.75, 3.05) is 26.8 Å². The van der Waals surface area contributed by atoms with Crippen molar-refractivity contribution >= 4 is 11.8 Å². The first-order valence-corrected chi connectivity index (χ1v) is 7.89. The first-order chi connectivity index (χ1) is 12.1. The molecule has 2 heterocycles. The third-order valence-electron chi connectivity index (χ3n) is 4.09. The van der Waals surface area contributed by atoms with Gasteiger partial charge in [-0.1, -0.05) is 0 Å². The average molecular weight is 341 g/mol. The minimum atomic E-state index is -0.528. The molecule has 1 saturated heterocycles. The zero-order chi connectivity index (χ0) is 17.8. The van der Waals surface area contributed by atoms with Crippen LogP contribution in [0.3, 0.4) is 0 Å². The number of primary amides is 1. The molecule has 0 saturated carbocycles. The predicted molar refractivity (Wildman–Crippen MR) is 90.3 cm³/mol. The third kappa shape index (κ3) is 3.77. The standard InChI is InChI=1S/C18H19N3O4/c1-24-14-5-2-12(3-6-14)18(23)21-8-9-25-16(11-21)15-7-4-13(10-20-15)17(19)22/h2-7,10,16H,8-9,11H2,1H3,(H2,19,22)/t16-/m0/s1. The number of carbonyl (C=O) groups excluding carboxylic acids is 2. The van der Waals surface area contributed by atoms with Gasteiger partial charge in [-0.25, -0.2) is 0 Å². The van der Waals surface area contributed by atoms with E-state index in [4.69, 9.17) is 15.2 Å². The molecule has 2 aromatic rings. The predicted octanol–water partition coefficient (Wildman–Crippen LogP) is 1.40. The second kappa shape index (κ2) is 7.31. The summed E-state index contributed by atoms with van der Waals surface area (Å²) in [6.07, 6.45) is 1.09. The van der Waals surface area contributed by atoms with E-state index in [9.17, 15) is 9.59 Å². The molecule has 1 aromatic carbocycles. The number of rotatable bonds is 4. The number of ether oxygens (including phenoxy) is 2. The van der Waals surface area contributed by atoms with Crippen LogP contribution in [0.25, 0.3) is 0 Å². The number of hydrogen-bond acceptors (Lipinski definition) is 5. The van der Waals surface area contributed by atoms with Crippen LogP contribution < -0.4 is 10.5 Å². The Morgan fingerprint density at radius 3 is 2.52 bits per heavy atom. The molecule has 7 nitrogen and oxygen atoms in total. The van der Waals surface area contributed by atoms with Gasteiger partial charge in [0.15, 0.2) is 0 Å². The highest BCUT2D eigenvalue weighted by atomic mass is 16.5. The molecule has 0 bridgehead atoms. The molecular formula is C18H19N3O4. The molecule has 7 heteroatoms. The molecule has 25 heavy (non-hydrogen) atoms. The molecule has 1 aliphatic heterocycles. The smallest absolute Gasteiger partial charge is 0.254 e. The summed E-state index contributed by atoms with van der Waals surface area (Å²) in [6.45, 7) is 1.33. The number of amides is 2. The van der Waals surface area contributed by atoms with E-state index in [1.54, 1.807) is 48.4 Å². The Morgan fingerprint density at radius 2 is 1.92 bits per heavy atom. The number of nitrogens with two attached hydrogens (primary N) is 1. The Morgan fingerprint density at radius 1 is 1.20 bits per heavy atom. The number of hydrogen-bond donors (Lipinski definition) is 1. The van der Waals surface area contributed by atoms with Gasteiger partial charge in [0.05, 0.1) is 31.5 Å². The van der Waals surface area contributed by atoms with Crippen molar-refractivity contribution in [3.05, 3.63) is 59.4 Å². The number of nitrogens with zero attached hydrogens (tertiary/aromatic N) is 2. The summed E-state index contributed by atoms with van der Waals surface area (Å²) in [6, 6.07) is 10.3. The summed E-state index contributed by atoms with van der Waals surface area (Å²) < 4.78 is 10.8. The normalized spacial score (nSPS) is 17.2. The number of carbonyl (C=O) groups is 2. The van der Waals surface area contributed by atoms with Crippen LogP contribution >= 0.6 is 0 Å². The second-order valence-electron chi connectivity index (χ2n) is 5.68. The summed E-state index contributed by atoms with van der Waals surface area (Å²) in [7, 11) is 1.58. The van der Waals surface area contributed by atoms with Crippen LogP contribution in [0.2, 0.25) is 0 Å². The van der Waals surface area contributed by atoms with E-state index in [0.717, 1.165) is 0 Å². The number of aromatic nitrogens is 1. The molecule has 1 fully saturated rings. The number of morpholine rings is 1.